The number of hydrogen-bond donors (Lipinski definition) is 1. The van der Waals surface area contributed by atoms with Gasteiger partial charge in [-0.3, -0.25) is 0 Å². The molecule has 0 fully saturated rings. The summed E-state index contributed by atoms with van der Waals surface area (Å²) in [6, 6.07) is 8.92. The number of nitrogens with one attached hydrogen (secondary N) is 1. The molecule has 2 nitrogen and oxygen atoms in total. The van der Waals surface area contributed by atoms with Gasteiger partial charge in [0.1, 0.15) is 0 Å². The summed E-state index contributed by atoms with van der Waals surface area (Å²) < 4.78 is 0. The van der Waals surface area contributed by atoms with Crippen molar-refractivity contribution in [1.29, 1.82) is 0 Å². The summed E-state index contributed by atoms with van der Waals surface area (Å²) in [5.74, 6) is 0. The molecule has 1 aliphatic heterocycles. The Kier molecular flexibility index (Phi) is 4.87. The third kappa shape index (κ3) is 3.50. The summed E-state index contributed by atoms with van der Waals surface area (Å²) in [4.78, 5) is 2.60. The van der Waals surface area contributed by atoms with Crippen LogP contribution in [0.25, 0.3) is 0 Å². The van der Waals surface area contributed by atoms with Crippen molar-refractivity contribution >= 4 is 5.69 Å². The molecule has 0 saturated heterocycles. The van der Waals surface area contributed by atoms with E-state index in [0.717, 1.165) is 6.54 Å². The highest BCUT2D eigenvalue weighted by atomic mass is 15.1. The van der Waals surface area contributed by atoms with Gasteiger partial charge in [-0.25, -0.2) is 0 Å². The summed E-state index contributed by atoms with van der Waals surface area (Å²) >= 11 is 0. The highest BCUT2D eigenvalue weighted by Crippen LogP contribution is 2.31. The molecule has 0 spiro atoms. The van der Waals surface area contributed by atoms with Crippen LogP contribution >= 0.6 is 0 Å². The molecule has 1 heterocycles. The molecule has 106 valence electrons. The molecule has 1 aliphatic rings. The monoisotopic (exact) mass is 260 g/mol. The first-order valence-electron chi connectivity index (χ1n) is 7.66. The first-order chi connectivity index (χ1) is 9.18. The number of nitrogens with zero attached hydrogens (tertiary/aromatic N) is 1. The van der Waals surface area contributed by atoms with Gasteiger partial charge in [-0.15, -0.1) is 0 Å². The Balaban J connectivity index is 2.14. The van der Waals surface area contributed by atoms with E-state index in [1.807, 2.05) is 0 Å². The lowest BCUT2D eigenvalue weighted by Gasteiger charge is -2.39. The number of hydrogen-bond acceptors (Lipinski definition) is 2. The van der Waals surface area contributed by atoms with Crippen molar-refractivity contribution in [3.8, 4) is 0 Å². The molecule has 0 radical (unpaired) electrons. The van der Waals surface area contributed by atoms with Crippen LogP contribution in [-0.4, -0.2) is 26.7 Å². The van der Waals surface area contributed by atoms with Gasteiger partial charge in [-0.1, -0.05) is 38.5 Å². The van der Waals surface area contributed by atoms with Crippen molar-refractivity contribution in [1.82, 2.24) is 5.32 Å². The predicted octanol–water partition coefficient (Wildman–Crippen LogP) is 3.47. The van der Waals surface area contributed by atoms with E-state index in [4.69, 9.17) is 0 Å². The van der Waals surface area contributed by atoms with E-state index >= 15 is 0 Å². The molecule has 0 aliphatic carbocycles. The maximum Gasteiger partial charge on any atom is 0.0398 e. The van der Waals surface area contributed by atoms with Crippen molar-refractivity contribution in [2.24, 2.45) is 5.41 Å². The first-order valence-corrected chi connectivity index (χ1v) is 7.66. The third-order valence-corrected chi connectivity index (χ3v) is 4.24. The van der Waals surface area contributed by atoms with Crippen LogP contribution in [-0.2, 0) is 6.42 Å². The summed E-state index contributed by atoms with van der Waals surface area (Å²) in [7, 11) is 2.07. The number of fused-ring (bicyclic) bond motifs is 1. The Morgan fingerprint density at radius 3 is 2.84 bits per heavy atom. The number of aryl methyl sites for hydroxylation is 1. The second-order valence-corrected chi connectivity index (χ2v) is 6.24. The summed E-state index contributed by atoms with van der Waals surface area (Å²) in [5, 5.41) is 3.38. The van der Waals surface area contributed by atoms with Gasteiger partial charge in [-0.05, 0) is 43.4 Å². The molecule has 1 N–H and O–H groups in total. The minimum atomic E-state index is 0.369. The van der Waals surface area contributed by atoms with Gasteiger partial charge in [0.15, 0.2) is 0 Å². The Morgan fingerprint density at radius 1 is 1.32 bits per heavy atom. The van der Waals surface area contributed by atoms with Gasteiger partial charge < -0.3 is 10.2 Å². The summed E-state index contributed by atoms with van der Waals surface area (Å²) in [5.41, 5.74) is 3.36. The average molecular weight is 260 g/mol. The minimum Gasteiger partial charge on any atom is -0.371 e. The minimum absolute atomic E-state index is 0.369. The van der Waals surface area contributed by atoms with Gasteiger partial charge in [0.2, 0.25) is 0 Å². The van der Waals surface area contributed by atoms with E-state index in [1.54, 1.807) is 0 Å². The zero-order chi connectivity index (χ0) is 13.7. The van der Waals surface area contributed by atoms with Crippen LogP contribution in [0.1, 0.15) is 38.7 Å². The maximum atomic E-state index is 3.38. The molecule has 19 heavy (non-hydrogen) atoms. The molecular weight excluding hydrogens is 232 g/mol. The van der Waals surface area contributed by atoms with E-state index in [1.165, 1.54) is 50.0 Å². The maximum absolute atomic E-state index is 3.38. The molecule has 0 bridgehead atoms. The highest BCUT2D eigenvalue weighted by molar-refractivity contribution is 5.55. The average Bonchev–Trinajstić information content (AvgIpc) is 2.39. The fraction of sp³-hybridized carbons (Fsp3) is 0.647. The van der Waals surface area contributed by atoms with Gasteiger partial charge in [0, 0.05) is 25.3 Å². The summed E-state index contributed by atoms with van der Waals surface area (Å²) in [6.07, 6.45) is 5.07. The molecule has 1 atom stereocenters. The van der Waals surface area contributed by atoms with E-state index < -0.39 is 0 Å². The third-order valence-electron chi connectivity index (χ3n) is 4.24. The zero-order valence-electron chi connectivity index (χ0n) is 12.7. The van der Waals surface area contributed by atoms with Crippen LogP contribution in [0.5, 0.6) is 0 Å². The predicted molar refractivity (Wildman–Crippen MR) is 83.9 cm³/mol. The lowest BCUT2D eigenvalue weighted by molar-refractivity contribution is 0.286. The van der Waals surface area contributed by atoms with E-state index in [0.29, 0.717) is 5.41 Å². The van der Waals surface area contributed by atoms with Crippen molar-refractivity contribution in [3.05, 3.63) is 29.8 Å². The van der Waals surface area contributed by atoms with Crippen LogP contribution < -0.4 is 10.2 Å². The van der Waals surface area contributed by atoms with Crippen LogP contribution in [0, 0.1) is 5.41 Å². The SMILES string of the molecule is CCCC(C)(CNC)CN1CCCc2ccccc21. The van der Waals surface area contributed by atoms with Crippen LogP contribution in [0.2, 0.25) is 0 Å². The standard InChI is InChI=1S/C17H28N2/c1-4-11-17(2,13-18-3)14-19-12-7-9-15-8-5-6-10-16(15)19/h5-6,8,10,18H,4,7,9,11-14H2,1-3H3. The molecule has 0 aromatic heterocycles. The highest BCUT2D eigenvalue weighted by Gasteiger charge is 2.27. The lowest BCUT2D eigenvalue weighted by atomic mass is 9.84. The van der Waals surface area contributed by atoms with Gasteiger partial charge in [0.25, 0.3) is 0 Å². The Morgan fingerprint density at radius 2 is 2.11 bits per heavy atom. The molecule has 1 unspecified atom stereocenters. The fourth-order valence-corrected chi connectivity index (χ4v) is 3.49. The number of benzene rings is 1. The van der Waals surface area contributed by atoms with Crippen molar-refractivity contribution in [2.45, 2.75) is 39.5 Å². The lowest BCUT2D eigenvalue weighted by Crippen LogP contribution is -2.43. The molecule has 1 aromatic rings. The zero-order valence-corrected chi connectivity index (χ0v) is 12.7. The van der Waals surface area contributed by atoms with Crippen molar-refractivity contribution < 1.29 is 0 Å². The van der Waals surface area contributed by atoms with Crippen molar-refractivity contribution in [3.63, 3.8) is 0 Å². The smallest absolute Gasteiger partial charge is 0.0398 e. The van der Waals surface area contributed by atoms with Gasteiger partial charge in [-0.2, -0.15) is 0 Å². The molecule has 2 rings (SSSR count). The molecular formula is C17H28N2. The summed E-state index contributed by atoms with van der Waals surface area (Å²) in [6.45, 7) is 8.18. The second kappa shape index (κ2) is 6.42. The molecule has 2 heteroatoms. The van der Waals surface area contributed by atoms with Gasteiger partial charge in [0.05, 0.1) is 0 Å². The molecule has 0 amide bonds. The van der Waals surface area contributed by atoms with Gasteiger partial charge >= 0.3 is 0 Å². The van der Waals surface area contributed by atoms with E-state index in [2.05, 4.69) is 55.4 Å². The number of anilines is 1. The number of rotatable bonds is 6. The molecule has 0 saturated carbocycles. The van der Waals surface area contributed by atoms with Crippen LogP contribution in [0.4, 0.5) is 5.69 Å². The largest absolute Gasteiger partial charge is 0.371 e. The second-order valence-electron chi connectivity index (χ2n) is 6.24. The normalized spacial score (nSPS) is 17.9. The number of para-hydroxylation sites is 1. The first kappa shape index (κ1) is 14.4. The Hall–Kier alpha value is -1.02. The fourth-order valence-electron chi connectivity index (χ4n) is 3.49. The quantitative estimate of drug-likeness (QED) is 0.842. The Labute approximate surface area is 118 Å². The van der Waals surface area contributed by atoms with E-state index in [-0.39, 0.29) is 0 Å². The Bertz CT molecular complexity index is 394. The topological polar surface area (TPSA) is 15.3 Å². The van der Waals surface area contributed by atoms with E-state index in [9.17, 15) is 0 Å². The molecule has 1 aromatic carbocycles. The van der Waals surface area contributed by atoms with Crippen LogP contribution in [0.3, 0.4) is 0 Å². The van der Waals surface area contributed by atoms with Crippen molar-refractivity contribution in [2.75, 3.05) is 31.6 Å². The van der Waals surface area contributed by atoms with Crippen LogP contribution in [0.15, 0.2) is 24.3 Å².